The Hall–Kier alpha value is -2.77. The molecule has 116 valence electrons. The van der Waals surface area contributed by atoms with Gasteiger partial charge in [-0.2, -0.15) is 8.78 Å². The van der Waals surface area contributed by atoms with Gasteiger partial charge in [0.15, 0.2) is 11.5 Å². The first-order valence-electron chi connectivity index (χ1n) is 6.39. The van der Waals surface area contributed by atoms with Gasteiger partial charge in [-0.25, -0.2) is 9.97 Å². The van der Waals surface area contributed by atoms with Gasteiger partial charge in [-0.05, 0) is 24.6 Å². The lowest BCUT2D eigenvalue weighted by atomic mass is 10.1. The Morgan fingerprint density at radius 1 is 1.23 bits per heavy atom. The summed E-state index contributed by atoms with van der Waals surface area (Å²) < 4.78 is 28.4. The highest BCUT2D eigenvalue weighted by Gasteiger charge is 2.15. The Kier molecular flexibility index (Phi) is 4.82. The molecule has 1 amide bonds. The minimum atomic E-state index is -2.87. The Labute approximate surface area is 125 Å². The molecule has 22 heavy (non-hydrogen) atoms. The second-order valence-corrected chi connectivity index (χ2v) is 4.43. The predicted octanol–water partition coefficient (Wildman–Crippen LogP) is 2.15. The summed E-state index contributed by atoms with van der Waals surface area (Å²) in [6, 6.07) is 5.61. The Morgan fingerprint density at radius 3 is 2.45 bits per heavy atom. The predicted molar refractivity (Wildman–Crippen MR) is 75.4 cm³/mol. The number of rotatable bonds is 5. The molecule has 0 saturated heterocycles. The quantitative estimate of drug-likeness (QED) is 0.883. The molecule has 0 aliphatic heterocycles. The standard InChI is InChI=1S/C14H14F2N4O2/c1-8(9-2-4-10(5-3-9)22-14(15)16)20-13(21)11-12(17)19-7-6-18-11/h2-8,14H,1H3,(H2,17,19)(H,20,21). The highest BCUT2D eigenvalue weighted by atomic mass is 19.3. The van der Waals surface area contributed by atoms with E-state index in [4.69, 9.17) is 5.73 Å². The van der Waals surface area contributed by atoms with Gasteiger partial charge in [0.2, 0.25) is 0 Å². The maximum Gasteiger partial charge on any atom is 0.387 e. The Balaban J connectivity index is 2.04. The van der Waals surface area contributed by atoms with E-state index in [1.807, 2.05) is 0 Å². The normalized spacial score (nSPS) is 12.0. The van der Waals surface area contributed by atoms with Crippen molar-refractivity contribution in [2.24, 2.45) is 0 Å². The molecule has 1 atom stereocenters. The third-order valence-corrected chi connectivity index (χ3v) is 2.89. The van der Waals surface area contributed by atoms with Gasteiger partial charge in [0.1, 0.15) is 5.75 Å². The highest BCUT2D eigenvalue weighted by molar-refractivity contribution is 5.96. The third-order valence-electron chi connectivity index (χ3n) is 2.89. The molecule has 2 aromatic rings. The lowest BCUT2D eigenvalue weighted by Crippen LogP contribution is -2.28. The molecule has 2 rings (SSSR count). The van der Waals surface area contributed by atoms with E-state index in [-0.39, 0.29) is 23.3 Å². The van der Waals surface area contributed by atoms with Crippen LogP contribution < -0.4 is 15.8 Å². The summed E-state index contributed by atoms with van der Waals surface area (Å²) in [5, 5.41) is 2.70. The molecular weight excluding hydrogens is 294 g/mol. The van der Waals surface area contributed by atoms with Gasteiger partial charge in [0.05, 0.1) is 6.04 Å². The van der Waals surface area contributed by atoms with Crippen molar-refractivity contribution < 1.29 is 18.3 Å². The van der Waals surface area contributed by atoms with Gasteiger partial charge >= 0.3 is 6.61 Å². The monoisotopic (exact) mass is 308 g/mol. The summed E-state index contributed by atoms with van der Waals surface area (Å²) in [7, 11) is 0. The van der Waals surface area contributed by atoms with Crippen LogP contribution in [-0.2, 0) is 0 Å². The molecule has 1 aromatic heterocycles. The molecule has 8 heteroatoms. The van der Waals surface area contributed by atoms with Crippen LogP contribution in [0.1, 0.15) is 29.0 Å². The number of alkyl halides is 2. The average molecular weight is 308 g/mol. The van der Waals surface area contributed by atoms with Crippen molar-refractivity contribution in [2.45, 2.75) is 19.6 Å². The van der Waals surface area contributed by atoms with Crippen molar-refractivity contribution in [3.05, 3.63) is 47.9 Å². The minimum Gasteiger partial charge on any atom is -0.435 e. The van der Waals surface area contributed by atoms with Crippen molar-refractivity contribution in [2.75, 3.05) is 5.73 Å². The molecule has 1 aromatic carbocycles. The number of carbonyl (C=O) groups is 1. The van der Waals surface area contributed by atoms with E-state index in [1.54, 1.807) is 19.1 Å². The van der Waals surface area contributed by atoms with Crippen molar-refractivity contribution in [1.29, 1.82) is 0 Å². The van der Waals surface area contributed by atoms with E-state index in [2.05, 4.69) is 20.0 Å². The highest BCUT2D eigenvalue weighted by Crippen LogP contribution is 2.19. The number of carbonyl (C=O) groups excluding carboxylic acids is 1. The number of hydrogen-bond acceptors (Lipinski definition) is 5. The zero-order valence-electron chi connectivity index (χ0n) is 11.7. The maximum absolute atomic E-state index is 12.1. The number of nitrogens with two attached hydrogens (primary N) is 1. The number of ether oxygens (including phenoxy) is 1. The summed E-state index contributed by atoms with van der Waals surface area (Å²) in [6.45, 7) is -1.13. The molecular formula is C14H14F2N4O2. The molecule has 0 aliphatic carbocycles. The summed E-state index contributed by atoms with van der Waals surface area (Å²) in [6.07, 6.45) is 2.75. The number of nitrogens with one attached hydrogen (secondary N) is 1. The number of amides is 1. The number of benzene rings is 1. The van der Waals surface area contributed by atoms with Crippen LogP contribution in [0, 0.1) is 0 Å². The van der Waals surface area contributed by atoms with Crippen LogP contribution in [-0.4, -0.2) is 22.5 Å². The fourth-order valence-electron chi connectivity index (χ4n) is 1.81. The van der Waals surface area contributed by atoms with Gasteiger partial charge in [0.25, 0.3) is 5.91 Å². The van der Waals surface area contributed by atoms with E-state index in [0.29, 0.717) is 0 Å². The lowest BCUT2D eigenvalue weighted by molar-refractivity contribution is -0.0498. The molecule has 3 N–H and O–H groups in total. The number of halogens is 2. The van der Waals surface area contributed by atoms with E-state index >= 15 is 0 Å². The molecule has 0 saturated carbocycles. The second-order valence-electron chi connectivity index (χ2n) is 4.43. The van der Waals surface area contributed by atoms with Crippen molar-refractivity contribution in [3.8, 4) is 5.75 Å². The first-order valence-corrected chi connectivity index (χ1v) is 6.39. The topological polar surface area (TPSA) is 90.1 Å². The molecule has 0 bridgehead atoms. The summed E-state index contributed by atoms with van der Waals surface area (Å²) in [4.78, 5) is 19.7. The molecule has 1 heterocycles. The van der Waals surface area contributed by atoms with Crippen molar-refractivity contribution >= 4 is 11.7 Å². The second kappa shape index (κ2) is 6.79. The van der Waals surface area contributed by atoms with Crippen molar-refractivity contribution in [1.82, 2.24) is 15.3 Å². The van der Waals surface area contributed by atoms with Gasteiger partial charge in [-0.1, -0.05) is 12.1 Å². The van der Waals surface area contributed by atoms with Gasteiger partial charge < -0.3 is 15.8 Å². The van der Waals surface area contributed by atoms with E-state index < -0.39 is 12.5 Å². The van der Waals surface area contributed by atoms with Crippen LogP contribution in [0.3, 0.4) is 0 Å². The largest absolute Gasteiger partial charge is 0.435 e. The molecule has 0 spiro atoms. The van der Waals surface area contributed by atoms with Crippen LogP contribution in [0.5, 0.6) is 5.75 Å². The van der Waals surface area contributed by atoms with Gasteiger partial charge in [-0.3, -0.25) is 4.79 Å². The first-order chi connectivity index (χ1) is 10.5. The summed E-state index contributed by atoms with van der Waals surface area (Å²) in [5.74, 6) is -0.380. The lowest BCUT2D eigenvalue weighted by Gasteiger charge is -2.15. The number of nitrogen functional groups attached to an aromatic ring is 1. The number of anilines is 1. The zero-order valence-corrected chi connectivity index (χ0v) is 11.7. The van der Waals surface area contributed by atoms with Crippen LogP contribution >= 0.6 is 0 Å². The number of nitrogens with zero attached hydrogens (tertiary/aromatic N) is 2. The average Bonchev–Trinajstić information content (AvgIpc) is 2.47. The number of hydrogen-bond donors (Lipinski definition) is 2. The minimum absolute atomic E-state index is 0.0343. The van der Waals surface area contributed by atoms with E-state index in [1.165, 1.54) is 24.5 Å². The third kappa shape index (κ3) is 3.87. The first kappa shape index (κ1) is 15.6. The Morgan fingerprint density at radius 2 is 1.86 bits per heavy atom. The maximum atomic E-state index is 12.1. The molecule has 0 aliphatic rings. The molecule has 1 unspecified atom stereocenters. The summed E-state index contributed by atoms with van der Waals surface area (Å²) in [5.41, 5.74) is 6.33. The van der Waals surface area contributed by atoms with Gasteiger partial charge in [0, 0.05) is 12.4 Å². The van der Waals surface area contributed by atoms with Crippen LogP contribution in [0.2, 0.25) is 0 Å². The molecule has 6 nitrogen and oxygen atoms in total. The summed E-state index contributed by atoms with van der Waals surface area (Å²) >= 11 is 0. The van der Waals surface area contributed by atoms with Crippen LogP contribution in [0.15, 0.2) is 36.7 Å². The van der Waals surface area contributed by atoms with E-state index in [0.717, 1.165) is 5.56 Å². The molecule has 0 radical (unpaired) electrons. The van der Waals surface area contributed by atoms with E-state index in [9.17, 15) is 13.6 Å². The fraction of sp³-hybridized carbons (Fsp3) is 0.214. The smallest absolute Gasteiger partial charge is 0.387 e. The number of aromatic nitrogens is 2. The van der Waals surface area contributed by atoms with Crippen LogP contribution in [0.25, 0.3) is 0 Å². The van der Waals surface area contributed by atoms with Crippen LogP contribution in [0.4, 0.5) is 14.6 Å². The Bertz CT molecular complexity index is 650. The van der Waals surface area contributed by atoms with Gasteiger partial charge in [-0.15, -0.1) is 0 Å². The zero-order chi connectivity index (χ0) is 16.1. The SMILES string of the molecule is CC(NC(=O)c1nccnc1N)c1ccc(OC(F)F)cc1. The van der Waals surface area contributed by atoms with Crippen molar-refractivity contribution in [3.63, 3.8) is 0 Å². The molecule has 0 fully saturated rings. The fourth-order valence-corrected chi connectivity index (χ4v) is 1.81.